The number of morpholine rings is 1. The Morgan fingerprint density at radius 1 is 1.20 bits per heavy atom. The number of nitrogens with one attached hydrogen (secondary N) is 1. The Morgan fingerprint density at radius 3 is 2.60 bits per heavy atom. The van der Waals surface area contributed by atoms with E-state index >= 15 is 0 Å². The summed E-state index contributed by atoms with van der Waals surface area (Å²) in [6.45, 7) is 9.42. The zero-order valence-corrected chi connectivity index (χ0v) is 15.8. The fourth-order valence-corrected chi connectivity index (χ4v) is 3.74. The molecule has 0 unspecified atom stereocenters. The maximum absolute atomic E-state index is 12.3. The van der Waals surface area contributed by atoms with Crippen molar-refractivity contribution >= 4 is 17.2 Å². The Hall–Kier alpha value is -1.69. The van der Waals surface area contributed by atoms with Gasteiger partial charge in [0.15, 0.2) is 0 Å². The average Bonchev–Trinajstić information content (AvgIpc) is 3.13. The molecule has 1 aromatic heterocycles. The van der Waals surface area contributed by atoms with Crippen molar-refractivity contribution < 1.29 is 9.53 Å². The van der Waals surface area contributed by atoms with Crippen LogP contribution in [0.15, 0.2) is 35.7 Å². The molecule has 5 heteroatoms. The van der Waals surface area contributed by atoms with Gasteiger partial charge in [0.25, 0.3) is 5.91 Å². The second kappa shape index (κ2) is 8.61. The summed E-state index contributed by atoms with van der Waals surface area (Å²) in [6.07, 6.45) is 0. The standard InChI is InChI=1S/C20H26N2O2S/c1-15(2)16-3-5-17(6-4-16)18-13-19(25-14-18)20(23)21-7-8-22-9-11-24-12-10-22/h3-6,13-15H,7-12H2,1-2H3,(H,21,23). The molecule has 0 saturated carbocycles. The lowest BCUT2D eigenvalue weighted by Gasteiger charge is -2.26. The lowest BCUT2D eigenvalue weighted by molar-refractivity contribution is 0.0383. The van der Waals surface area contributed by atoms with Crippen molar-refractivity contribution in [3.8, 4) is 11.1 Å². The highest BCUT2D eigenvalue weighted by Gasteiger charge is 2.13. The van der Waals surface area contributed by atoms with Gasteiger partial charge in [-0.25, -0.2) is 0 Å². The van der Waals surface area contributed by atoms with E-state index in [0.29, 0.717) is 12.5 Å². The molecule has 0 atom stereocenters. The van der Waals surface area contributed by atoms with Gasteiger partial charge < -0.3 is 10.1 Å². The minimum atomic E-state index is 0.0170. The van der Waals surface area contributed by atoms with Crippen LogP contribution in [0.3, 0.4) is 0 Å². The molecule has 2 heterocycles. The van der Waals surface area contributed by atoms with Crippen LogP contribution in [0.2, 0.25) is 0 Å². The fourth-order valence-electron chi connectivity index (χ4n) is 2.91. The molecule has 1 amide bonds. The van der Waals surface area contributed by atoms with Gasteiger partial charge >= 0.3 is 0 Å². The van der Waals surface area contributed by atoms with E-state index in [0.717, 1.165) is 48.9 Å². The molecular weight excluding hydrogens is 332 g/mol. The predicted octanol–water partition coefficient (Wildman–Crippen LogP) is 3.60. The summed E-state index contributed by atoms with van der Waals surface area (Å²) in [4.78, 5) is 15.4. The van der Waals surface area contributed by atoms with E-state index in [1.54, 1.807) is 0 Å². The van der Waals surface area contributed by atoms with Crippen molar-refractivity contribution in [3.05, 3.63) is 46.2 Å². The first-order valence-electron chi connectivity index (χ1n) is 8.90. The van der Waals surface area contributed by atoms with Gasteiger partial charge in [-0.15, -0.1) is 11.3 Å². The molecule has 134 valence electrons. The Kier molecular flexibility index (Phi) is 6.24. The van der Waals surface area contributed by atoms with Crippen LogP contribution in [0.25, 0.3) is 11.1 Å². The Balaban J connectivity index is 1.54. The molecule has 0 aliphatic carbocycles. The van der Waals surface area contributed by atoms with Gasteiger partial charge in [0.2, 0.25) is 0 Å². The van der Waals surface area contributed by atoms with E-state index in [2.05, 4.69) is 53.7 Å². The number of nitrogens with zero attached hydrogens (tertiary/aromatic N) is 1. The highest BCUT2D eigenvalue weighted by atomic mass is 32.1. The van der Waals surface area contributed by atoms with Crippen LogP contribution in [0.1, 0.15) is 35.0 Å². The molecule has 1 fully saturated rings. The summed E-state index contributed by atoms with van der Waals surface area (Å²) in [5.41, 5.74) is 3.60. The first-order chi connectivity index (χ1) is 12.1. The molecule has 0 radical (unpaired) electrons. The number of benzene rings is 1. The molecule has 3 rings (SSSR count). The quantitative estimate of drug-likeness (QED) is 0.858. The molecule has 1 aliphatic rings. The summed E-state index contributed by atoms with van der Waals surface area (Å²) in [7, 11) is 0. The van der Waals surface area contributed by atoms with Crippen molar-refractivity contribution in [2.75, 3.05) is 39.4 Å². The number of hydrogen-bond donors (Lipinski definition) is 1. The third kappa shape index (κ3) is 4.91. The van der Waals surface area contributed by atoms with Gasteiger partial charge in [0.1, 0.15) is 0 Å². The van der Waals surface area contributed by atoms with E-state index in [1.165, 1.54) is 16.9 Å². The van der Waals surface area contributed by atoms with E-state index in [9.17, 15) is 4.79 Å². The number of rotatable bonds is 6. The van der Waals surface area contributed by atoms with Gasteiger partial charge in [-0.3, -0.25) is 9.69 Å². The van der Waals surface area contributed by atoms with Gasteiger partial charge in [-0.05, 0) is 34.1 Å². The maximum atomic E-state index is 12.3. The molecule has 1 saturated heterocycles. The molecule has 1 aliphatic heterocycles. The summed E-state index contributed by atoms with van der Waals surface area (Å²) in [6, 6.07) is 10.6. The summed E-state index contributed by atoms with van der Waals surface area (Å²) in [5, 5.41) is 5.08. The zero-order chi connectivity index (χ0) is 17.6. The van der Waals surface area contributed by atoms with Crippen molar-refractivity contribution in [2.24, 2.45) is 0 Å². The second-order valence-corrected chi connectivity index (χ2v) is 7.60. The summed E-state index contributed by atoms with van der Waals surface area (Å²) in [5.74, 6) is 0.549. The number of amides is 1. The molecule has 0 spiro atoms. The van der Waals surface area contributed by atoms with Crippen LogP contribution >= 0.6 is 11.3 Å². The molecule has 2 aromatic rings. The smallest absolute Gasteiger partial charge is 0.261 e. The monoisotopic (exact) mass is 358 g/mol. The minimum Gasteiger partial charge on any atom is -0.379 e. The van der Waals surface area contributed by atoms with E-state index in [1.807, 2.05) is 6.07 Å². The van der Waals surface area contributed by atoms with Crippen LogP contribution < -0.4 is 5.32 Å². The van der Waals surface area contributed by atoms with Crippen LogP contribution in [-0.4, -0.2) is 50.2 Å². The summed E-state index contributed by atoms with van der Waals surface area (Å²) < 4.78 is 5.33. The van der Waals surface area contributed by atoms with Gasteiger partial charge in [0.05, 0.1) is 18.1 Å². The first-order valence-corrected chi connectivity index (χ1v) is 9.78. The number of hydrogen-bond acceptors (Lipinski definition) is 4. The number of thiophene rings is 1. The number of carbonyl (C=O) groups is 1. The average molecular weight is 359 g/mol. The highest BCUT2D eigenvalue weighted by Crippen LogP contribution is 2.27. The molecule has 0 bridgehead atoms. The third-order valence-corrected chi connectivity index (χ3v) is 5.48. The Morgan fingerprint density at radius 2 is 1.92 bits per heavy atom. The topological polar surface area (TPSA) is 41.6 Å². The van der Waals surface area contributed by atoms with E-state index < -0.39 is 0 Å². The molecule has 4 nitrogen and oxygen atoms in total. The highest BCUT2D eigenvalue weighted by molar-refractivity contribution is 7.12. The minimum absolute atomic E-state index is 0.0170. The molecule has 1 N–H and O–H groups in total. The van der Waals surface area contributed by atoms with E-state index in [4.69, 9.17) is 4.74 Å². The Labute approximate surface area is 153 Å². The molecule has 1 aromatic carbocycles. The van der Waals surface area contributed by atoms with Gasteiger partial charge in [0, 0.05) is 26.2 Å². The van der Waals surface area contributed by atoms with Crippen LogP contribution in [-0.2, 0) is 4.74 Å². The maximum Gasteiger partial charge on any atom is 0.261 e. The second-order valence-electron chi connectivity index (χ2n) is 6.69. The van der Waals surface area contributed by atoms with Crippen molar-refractivity contribution in [1.29, 1.82) is 0 Å². The molecule has 25 heavy (non-hydrogen) atoms. The number of ether oxygens (including phenoxy) is 1. The first kappa shape index (κ1) is 18.1. The molecular formula is C20H26N2O2S. The van der Waals surface area contributed by atoms with Gasteiger partial charge in [-0.2, -0.15) is 0 Å². The van der Waals surface area contributed by atoms with E-state index in [-0.39, 0.29) is 5.91 Å². The lowest BCUT2D eigenvalue weighted by atomic mass is 10.00. The van der Waals surface area contributed by atoms with Crippen molar-refractivity contribution in [3.63, 3.8) is 0 Å². The number of carbonyl (C=O) groups excluding carboxylic acids is 1. The summed E-state index contributed by atoms with van der Waals surface area (Å²) >= 11 is 1.50. The lowest BCUT2D eigenvalue weighted by Crippen LogP contribution is -2.41. The largest absolute Gasteiger partial charge is 0.379 e. The SMILES string of the molecule is CC(C)c1ccc(-c2csc(C(=O)NCCN3CCOCC3)c2)cc1. The zero-order valence-electron chi connectivity index (χ0n) is 15.0. The predicted molar refractivity (Wildman–Crippen MR) is 103 cm³/mol. The van der Waals surface area contributed by atoms with Crippen molar-refractivity contribution in [2.45, 2.75) is 19.8 Å². The third-order valence-electron chi connectivity index (χ3n) is 4.55. The fraction of sp³-hybridized carbons (Fsp3) is 0.450. The van der Waals surface area contributed by atoms with Crippen molar-refractivity contribution in [1.82, 2.24) is 10.2 Å². The Bertz CT molecular complexity index is 688. The van der Waals surface area contributed by atoms with Crippen LogP contribution in [0.5, 0.6) is 0 Å². The van der Waals surface area contributed by atoms with Gasteiger partial charge in [-0.1, -0.05) is 38.1 Å². The van der Waals surface area contributed by atoms with Crippen LogP contribution in [0, 0.1) is 0 Å². The van der Waals surface area contributed by atoms with Crippen LogP contribution in [0.4, 0.5) is 0 Å². The normalized spacial score (nSPS) is 15.5.